The molecule has 0 saturated heterocycles. The van der Waals surface area contributed by atoms with Gasteiger partial charge in [0.25, 0.3) is 0 Å². The van der Waals surface area contributed by atoms with Crippen LogP contribution < -0.4 is 5.32 Å². The molecule has 1 amide bonds. The van der Waals surface area contributed by atoms with Gasteiger partial charge in [-0.25, -0.2) is 0 Å². The van der Waals surface area contributed by atoms with Crippen LogP contribution in [-0.2, 0) is 4.79 Å². The molecule has 0 atom stereocenters. The lowest BCUT2D eigenvalue weighted by Gasteiger charge is -1.93. The molecule has 1 aromatic carbocycles. The predicted octanol–water partition coefficient (Wildman–Crippen LogP) is 1.48. The zero-order valence-electron chi connectivity index (χ0n) is 8.42. The fourth-order valence-electron chi connectivity index (χ4n) is 1.04. The lowest BCUT2D eigenvalue weighted by atomic mass is 10.1. The standard InChI is InChI=1S/C12H13NO/c1-10-5-3-6-12(9-10)7-4-8-13-11(2)14/h3,5-6,9H,8H2,1-2H3,(H,13,14). The molecule has 72 valence electrons. The summed E-state index contributed by atoms with van der Waals surface area (Å²) in [5, 5.41) is 2.62. The number of rotatable bonds is 1. The first-order valence-corrected chi connectivity index (χ1v) is 4.48. The topological polar surface area (TPSA) is 29.1 Å². The molecule has 0 radical (unpaired) electrons. The Morgan fingerprint density at radius 3 is 2.93 bits per heavy atom. The average Bonchev–Trinajstić information content (AvgIpc) is 2.12. The van der Waals surface area contributed by atoms with E-state index in [2.05, 4.69) is 17.2 Å². The van der Waals surface area contributed by atoms with E-state index in [1.165, 1.54) is 12.5 Å². The highest BCUT2D eigenvalue weighted by molar-refractivity contribution is 5.73. The third-order valence-electron chi connectivity index (χ3n) is 1.68. The summed E-state index contributed by atoms with van der Waals surface area (Å²) < 4.78 is 0. The summed E-state index contributed by atoms with van der Waals surface area (Å²) in [6, 6.07) is 7.96. The number of aryl methyl sites for hydroxylation is 1. The van der Waals surface area contributed by atoms with Crippen molar-refractivity contribution in [1.82, 2.24) is 5.32 Å². The molecule has 0 aliphatic rings. The van der Waals surface area contributed by atoms with Gasteiger partial charge >= 0.3 is 0 Å². The normalized spacial score (nSPS) is 8.71. The van der Waals surface area contributed by atoms with Gasteiger partial charge in [0, 0.05) is 12.5 Å². The molecule has 0 aliphatic heterocycles. The van der Waals surface area contributed by atoms with Crippen LogP contribution in [0.1, 0.15) is 18.1 Å². The van der Waals surface area contributed by atoms with Gasteiger partial charge in [0.15, 0.2) is 0 Å². The average molecular weight is 187 g/mol. The van der Waals surface area contributed by atoms with Gasteiger partial charge in [0.05, 0.1) is 6.54 Å². The molecule has 1 N–H and O–H groups in total. The Balaban J connectivity index is 2.55. The minimum atomic E-state index is -0.0523. The van der Waals surface area contributed by atoms with Crippen LogP contribution in [0, 0.1) is 18.8 Å². The van der Waals surface area contributed by atoms with Crippen LogP contribution in [0.25, 0.3) is 0 Å². The first-order valence-electron chi connectivity index (χ1n) is 4.48. The van der Waals surface area contributed by atoms with Gasteiger partial charge in [-0.3, -0.25) is 4.79 Å². The van der Waals surface area contributed by atoms with E-state index in [0.717, 1.165) is 5.56 Å². The molecule has 0 saturated carbocycles. The second kappa shape index (κ2) is 5.08. The second-order valence-corrected chi connectivity index (χ2v) is 3.08. The fourth-order valence-corrected chi connectivity index (χ4v) is 1.04. The minimum absolute atomic E-state index is 0.0523. The predicted molar refractivity (Wildman–Crippen MR) is 56.7 cm³/mol. The zero-order chi connectivity index (χ0) is 10.4. The minimum Gasteiger partial charge on any atom is -0.345 e. The van der Waals surface area contributed by atoms with Crippen LogP contribution in [0.5, 0.6) is 0 Å². The smallest absolute Gasteiger partial charge is 0.217 e. The molecular weight excluding hydrogens is 174 g/mol. The molecular formula is C12H13NO. The molecule has 14 heavy (non-hydrogen) atoms. The van der Waals surface area contributed by atoms with E-state index in [4.69, 9.17) is 0 Å². The number of carbonyl (C=O) groups excluding carboxylic acids is 1. The van der Waals surface area contributed by atoms with E-state index in [1.807, 2.05) is 31.2 Å². The summed E-state index contributed by atoms with van der Waals surface area (Å²) in [6.07, 6.45) is 0. The molecule has 0 spiro atoms. The van der Waals surface area contributed by atoms with E-state index in [1.54, 1.807) is 0 Å². The number of hydrogen-bond acceptors (Lipinski definition) is 1. The molecule has 1 rings (SSSR count). The Morgan fingerprint density at radius 1 is 1.50 bits per heavy atom. The summed E-state index contributed by atoms with van der Waals surface area (Å²) in [5.74, 6) is 5.80. The van der Waals surface area contributed by atoms with Gasteiger partial charge in [0.1, 0.15) is 0 Å². The Morgan fingerprint density at radius 2 is 2.29 bits per heavy atom. The third-order valence-corrected chi connectivity index (χ3v) is 1.68. The Labute approximate surface area is 84.3 Å². The first kappa shape index (κ1) is 10.3. The SMILES string of the molecule is CC(=O)NCC#Cc1cccc(C)c1. The molecule has 0 aliphatic carbocycles. The highest BCUT2D eigenvalue weighted by atomic mass is 16.1. The van der Waals surface area contributed by atoms with Gasteiger partial charge < -0.3 is 5.32 Å². The van der Waals surface area contributed by atoms with Crippen LogP contribution in [0.15, 0.2) is 24.3 Å². The molecule has 0 fully saturated rings. The fraction of sp³-hybridized carbons (Fsp3) is 0.250. The monoisotopic (exact) mass is 187 g/mol. The highest BCUT2D eigenvalue weighted by Gasteiger charge is 1.87. The van der Waals surface area contributed by atoms with Crippen molar-refractivity contribution in [2.24, 2.45) is 0 Å². The van der Waals surface area contributed by atoms with Crippen molar-refractivity contribution in [2.45, 2.75) is 13.8 Å². The van der Waals surface area contributed by atoms with Crippen LogP contribution >= 0.6 is 0 Å². The van der Waals surface area contributed by atoms with Crippen LogP contribution in [0.3, 0.4) is 0 Å². The van der Waals surface area contributed by atoms with Gasteiger partial charge in [-0.1, -0.05) is 24.0 Å². The van der Waals surface area contributed by atoms with Crippen molar-refractivity contribution in [1.29, 1.82) is 0 Å². The Hall–Kier alpha value is -1.75. The highest BCUT2D eigenvalue weighted by Crippen LogP contribution is 2.01. The summed E-state index contributed by atoms with van der Waals surface area (Å²) in [7, 11) is 0. The lowest BCUT2D eigenvalue weighted by Crippen LogP contribution is -2.19. The van der Waals surface area contributed by atoms with Crippen molar-refractivity contribution in [3.8, 4) is 11.8 Å². The quantitative estimate of drug-likeness (QED) is 0.663. The number of carbonyl (C=O) groups is 1. The Bertz CT molecular complexity index is 385. The van der Waals surface area contributed by atoms with Crippen LogP contribution in [-0.4, -0.2) is 12.5 Å². The van der Waals surface area contributed by atoms with E-state index >= 15 is 0 Å². The largest absolute Gasteiger partial charge is 0.345 e. The molecule has 2 nitrogen and oxygen atoms in total. The van der Waals surface area contributed by atoms with E-state index < -0.39 is 0 Å². The van der Waals surface area contributed by atoms with Gasteiger partial charge in [0.2, 0.25) is 5.91 Å². The molecule has 0 aromatic heterocycles. The first-order chi connectivity index (χ1) is 6.68. The summed E-state index contributed by atoms with van der Waals surface area (Å²) in [4.78, 5) is 10.5. The van der Waals surface area contributed by atoms with E-state index in [0.29, 0.717) is 6.54 Å². The molecule has 0 unspecified atom stereocenters. The van der Waals surface area contributed by atoms with Gasteiger partial charge in [-0.05, 0) is 24.6 Å². The van der Waals surface area contributed by atoms with Gasteiger partial charge in [-0.15, -0.1) is 0 Å². The van der Waals surface area contributed by atoms with Crippen LogP contribution in [0.4, 0.5) is 0 Å². The van der Waals surface area contributed by atoms with Crippen molar-refractivity contribution in [3.63, 3.8) is 0 Å². The van der Waals surface area contributed by atoms with E-state index in [-0.39, 0.29) is 5.91 Å². The molecule has 0 heterocycles. The summed E-state index contributed by atoms with van der Waals surface area (Å²) >= 11 is 0. The van der Waals surface area contributed by atoms with E-state index in [9.17, 15) is 4.79 Å². The van der Waals surface area contributed by atoms with Crippen LogP contribution in [0.2, 0.25) is 0 Å². The number of nitrogens with one attached hydrogen (secondary N) is 1. The molecule has 0 bridgehead atoms. The van der Waals surface area contributed by atoms with Crippen molar-refractivity contribution in [2.75, 3.05) is 6.54 Å². The third kappa shape index (κ3) is 3.77. The molecule has 2 heteroatoms. The zero-order valence-corrected chi connectivity index (χ0v) is 8.42. The van der Waals surface area contributed by atoms with Crippen molar-refractivity contribution >= 4 is 5.91 Å². The number of hydrogen-bond donors (Lipinski definition) is 1. The molecule has 1 aromatic rings. The van der Waals surface area contributed by atoms with Crippen molar-refractivity contribution < 1.29 is 4.79 Å². The lowest BCUT2D eigenvalue weighted by molar-refractivity contribution is -0.118. The maximum Gasteiger partial charge on any atom is 0.217 e. The number of benzene rings is 1. The van der Waals surface area contributed by atoms with Gasteiger partial charge in [-0.2, -0.15) is 0 Å². The van der Waals surface area contributed by atoms with Crippen molar-refractivity contribution in [3.05, 3.63) is 35.4 Å². The maximum absolute atomic E-state index is 10.5. The second-order valence-electron chi connectivity index (χ2n) is 3.08. The summed E-state index contributed by atoms with van der Waals surface area (Å²) in [5.41, 5.74) is 2.17. The summed E-state index contributed by atoms with van der Waals surface area (Å²) in [6.45, 7) is 3.91. The maximum atomic E-state index is 10.5. The Kier molecular flexibility index (Phi) is 3.75. The number of amides is 1.